The molecule has 84 valence electrons. The first-order chi connectivity index (χ1) is 6.57. The number of nitrogens with two attached hydrogens (primary N) is 1. The molecule has 0 fully saturated rings. The Labute approximate surface area is 85.8 Å². The van der Waals surface area contributed by atoms with Gasteiger partial charge in [-0.15, -0.1) is 0 Å². The third-order valence-electron chi connectivity index (χ3n) is 1.68. The van der Waals surface area contributed by atoms with Gasteiger partial charge in [0.05, 0.1) is 12.7 Å². The molecule has 0 amide bonds. The number of carbonyl (C=O) groups is 1. The maximum atomic E-state index is 11.2. The molecular formula is C10H21NO3. The molecule has 0 rings (SSSR count). The van der Waals surface area contributed by atoms with E-state index in [0.717, 1.165) is 6.42 Å². The predicted molar refractivity (Wildman–Crippen MR) is 54.9 cm³/mol. The van der Waals surface area contributed by atoms with Crippen LogP contribution in [-0.4, -0.2) is 31.3 Å². The quantitative estimate of drug-likeness (QED) is 0.497. The van der Waals surface area contributed by atoms with Crippen LogP contribution in [0.3, 0.4) is 0 Å². The summed E-state index contributed by atoms with van der Waals surface area (Å²) in [6.45, 7) is 6.57. The normalized spacial score (nSPS) is 12.9. The zero-order valence-corrected chi connectivity index (χ0v) is 9.29. The zero-order chi connectivity index (χ0) is 11.0. The monoisotopic (exact) mass is 203 g/mol. The van der Waals surface area contributed by atoms with E-state index < -0.39 is 6.04 Å². The van der Waals surface area contributed by atoms with Crippen LogP contribution in [0.15, 0.2) is 0 Å². The van der Waals surface area contributed by atoms with Crippen LogP contribution in [0.2, 0.25) is 0 Å². The van der Waals surface area contributed by atoms with E-state index in [9.17, 15) is 4.79 Å². The van der Waals surface area contributed by atoms with Gasteiger partial charge in [0.2, 0.25) is 0 Å². The number of ether oxygens (including phenoxy) is 2. The molecule has 0 aliphatic carbocycles. The van der Waals surface area contributed by atoms with Gasteiger partial charge >= 0.3 is 5.97 Å². The van der Waals surface area contributed by atoms with Crippen molar-refractivity contribution in [3.63, 3.8) is 0 Å². The van der Waals surface area contributed by atoms with Crippen molar-refractivity contribution in [1.82, 2.24) is 0 Å². The van der Waals surface area contributed by atoms with E-state index in [-0.39, 0.29) is 18.7 Å². The molecule has 0 saturated carbocycles. The van der Waals surface area contributed by atoms with Crippen LogP contribution in [-0.2, 0) is 14.3 Å². The van der Waals surface area contributed by atoms with Crippen LogP contribution in [0.25, 0.3) is 0 Å². The van der Waals surface area contributed by atoms with Gasteiger partial charge in [0.15, 0.2) is 0 Å². The highest BCUT2D eigenvalue weighted by atomic mass is 16.6. The molecule has 14 heavy (non-hydrogen) atoms. The van der Waals surface area contributed by atoms with Crippen molar-refractivity contribution in [3.8, 4) is 0 Å². The van der Waals surface area contributed by atoms with Crippen molar-refractivity contribution in [3.05, 3.63) is 0 Å². The molecule has 0 aromatic heterocycles. The maximum Gasteiger partial charge on any atom is 0.322 e. The third-order valence-corrected chi connectivity index (χ3v) is 1.68. The van der Waals surface area contributed by atoms with Crippen molar-refractivity contribution < 1.29 is 14.3 Å². The van der Waals surface area contributed by atoms with Crippen LogP contribution in [0.1, 0.15) is 33.6 Å². The molecular weight excluding hydrogens is 182 g/mol. The smallest absolute Gasteiger partial charge is 0.322 e. The molecule has 0 heterocycles. The summed E-state index contributed by atoms with van der Waals surface area (Å²) >= 11 is 0. The Bertz CT molecular complexity index is 159. The Morgan fingerprint density at radius 2 is 2.00 bits per heavy atom. The Morgan fingerprint density at radius 3 is 2.50 bits per heavy atom. The molecule has 1 atom stereocenters. The lowest BCUT2D eigenvalue weighted by atomic mass is 10.2. The molecule has 2 N–H and O–H groups in total. The van der Waals surface area contributed by atoms with Gasteiger partial charge in [-0.1, -0.05) is 13.3 Å². The molecule has 4 heteroatoms. The van der Waals surface area contributed by atoms with Gasteiger partial charge in [0, 0.05) is 0 Å². The van der Waals surface area contributed by atoms with Gasteiger partial charge in [-0.2, -0.15) is 0 Å². The van der Waals surface area contributed by atoms with Crippen LogP contribution in [0.4, 0.5) is 0 Å². The molecule has 0 aliphatic rings. The maximum absolute atomic E-state index is 11.2. The standard InChI is InChI=1S/C10H21NO3/c1-4-5-9(11)10(12)14-7-6-13-8(2)3/h8-9H,4-7,11H2,1-3H3. The fourth-order valence-corrected chi connectivity index (χ4v) is 0.962. The van der Waals surface area contributed by atoms with Crippen LogP contribution >= 0.6 is 0 Å². The van der Waals surface area contributed by atoms with Gasteiger partial charge in [0.1, 0.15) is 12.6 Å². The lowest BCUT2D eigenvalue weighted by molar-refractivity contribution is -0.147. The molecule has 0 aromatic rings. The van der Waals surface area contributed by atoms with E-state index in [1.807, 2.05) is 20.8 Å². The van der Waals surface area contributed by atoms with Crippen molar-refractivity contribution in [2.45, 2.75) is 45.8 Å². The minimum atomic E-state index is -0.487. The summed E-state index contributed by atoms with van der Waals surface area (Å²) in [5.74, 6) is -0.334. The molecule has 0 bridgehead atoms. The van der Waals surface area contributed by atoms with Gasteiger partial charge in [-0.05, 0) is 20.3 Å². The van der Waals surface area contributed by atoms with Crippen LogP contribution in [0, 0.1) is 0 Å². The summed E-state index contributed by atoms with van der Waals surface area (Å²) < 4.78 is 10.1. The molecule has 4 nitrogen and oxygen atoms in total. The summed E-state index contributed by atoms with van der Waals surface area (Å²) in [7, 11) is 0. The molecule has 1 unspecified atom stereocenters. The highest BCUT2D eigenvalue weighted by Crippen LogP contribution is 1.96. The van der Waals surface area contributed by atoms with Crippen molar-refractivity contribution in [2.24, 2.45) is 5.73 Å². The minimum absolute atomic E-state index is 0.165. The summed E-state index contributed by atoms with van der Waals surface area (Å²) in [5.41, 5.74) is 5.55. The van der Waals surface area contributed by atoms with Crippen molar-refractivity contribution in [1.29, 1.82) is 0 Å². The largest absolute Gasteiger partial charge is 0.462 e. The van der Waals surface area contributed by atoms with E-state index in [2.05, 4.69) is 0 Å². The highest BCUT2D eigenvalue weighted by Gasteiger charge is 2.13. The Morgan fingerprint density at radius 1 is 1.36 bits per heavy atom. The second kappa shape index (κ2) is 7.76. The number of hydrogen-bond donors (Lipinski definition) is 1. The first-order valence-corrected chi connectivity index (χ1v) is 5.11. The molecule has 0 aliphatic heterocycles. The van der Waals surface area contributed by atoms with E-state index in [4.69, 9.17) is 15.2 Å². The third kappa shape index (κ3) is 6.86. The first kappa shape index (κ1) is 13.4. The van der Waals surface area contributed by atoms with Gasteiger partial charge in [0.25, 0.3) is 0 Å². The number of carbonyl (C=O) groups excluding carboxylic acids is 1. The average molecular weight is 203 g/mol. The number of esters is 1. The van der Waals surface area contributed by atoms with Crippen molar-refractivity contribution >= 4 is 5.97 Å². The zero-order valence-electron chi connectivity index (χ0n) is 9.29. The van der Waals surface area contributed by atoms with E-state index in [0.29, 0.717) is 13.0 Å². The second-order valence-electron chi connectivity index (χ2n) is 3.48. The molecule has 0 saturated heterocycles. The highest BCUT2D eigenvalue weighted by molar-refractivity contribution is 5.75. The fourth-order valence-electron chi connectivity index (χ4n) is 0.962. The average Bonchev–Trinajstić information content (AvgIpc) is 2.12. The molecule has 0 spiro atoms. The number of hydrogen-bond acceptors (Lipinski definition) is 4. The topological polar surface area (TPSA) is 61.6 Å². The second-order valence-corrected chi connectivity index (χ2v) is 3.48. The summed E-state index contributed by atoms with van der Waals surface area (Å²) in [5, 5.41) is 0. The molecule has 0 radical (unpaired) electrons. The van der Waals surface area contributed by atoms with E-state index in [1.165, 1.54) is 0 Å². The number of rotatable bonds is 7. The van der Waals surface area contributed by atoms with Crippen molar-refractivity contribution in [2.75, 3.05) is 13.2 Å². The Kier molecular flexibility index (Phi) is 7.42. The predicted octanol–water partition coefficient (Wildman–Crippen LogP) is 1.08. The lowest BCUT2D eigenvalue weighted by Crippen LogP contribution is -2.32. The summed E-state index contributed by atoms with van der Waals surface area (Å²) in [6.07, 6.45) is 1.72. The minimum Gasteiger partial charge on any atom is -0.462 e. The van der Waals surface area contributed by atoms with Gasteiger partial charge in [-0.25, -0.2) is 0 Å². The summed E-state index contributed by atoms with van der Waals surface area (Å²) in [4.78, 5) is 11.2. The van der Waals surface area contributed by atoms with Gasteiger partial charge in [-0.3, -0.25) is 4.79 Å². The Hall–Kier alpha value is -0.610. The molecule has 0 aromatic carbocycles. The fraction of sp³-hybridized carbons (Fsp3) is 0.900. The van der Waals surface area contributed by atoms with E-state index in [1.54, 1.807) is 0 Å². The summed E-state index contributed by atoms with van der Waals surface area (Å²) in [6, 6.07) is -0.487. The lowest BCUT2D eigenvalue weighted by Gasteiger charge is -2.11. The SMILES string of the molecule is CCCC(N)C(=O)OCCOC(C)C. The Balaban J connectivity index is 3.44. The van der Waals surface area contributed by atoms with Gasteiger partial charge < -0.3 is 15.2 Å². The van der Waals surface area contributed by atoms with E-state index >= 15 is 0 Å². The van der Waals surface area contributed by atoms with Crippen LogP contribution in [0.5, 0.6) is 0 Å². The first-order valence-electron chi connectivity index (χ1n) is 5.11. The van der Waals surface area contributed by atoms with Crippen LogP contribution < -0.4 is 5.73 Å².